The van der Waals surface area contributed by atoms with Crippen LogP contribution in [0.15, 0.2) is 42.5 Å². The van der Waals surface area contributed by atoms with Gasteiger partial charge in [-0.1, -0.05) is 12.1 Å². The summed E-state index contributed by atoms with van der Waals surface area (Å²) in [4.78, 5) is 35.8. The zero-order chi connectivity index (χ0) is 20.5. The van der Waals surface area contributed by atoms with Crippen molar-refractivity contribution in [1.29, 1.82) is 0 Å². The number of amides is 2. The van der Waals surface area contributed by atoms with E-state index in [4.69, 9.17) is 14.2 Å². The smallest absolute Gasteiger partial charge is 0.325 e. The number of rotatable bonds is 8. The molecule has 2 aromatic carbocycles. The molecule has 2 amide bonds. The maximum atomic E-state index is 12.1. The van der Waals surface area contributed by atoms with Crippen molar-refractivity contribution >= 4 is 46.1 Å². The highest BCUT2D eigenvalue weighted by Crippen LogP contribution is 2.27. The number of ether oxygens (including phenoxy) is 3. The van der Waals surface area contributed by atoms with Crippen molar-refractivity contribution in [2.75, 3.05) is 32.7 Å². The fourth-order valence-electron chi connectivity index (χ4n) is 2.18. The van der Waals surface area contributed by atoms with Gasteiger partial charge in [0.2, 0.25) is 0 Å². The first-order valence-electron chi connectivity index (χ1n) is 8.14. The number of hydrogen-bond donors (Lipinski definition) is 2. The van der Waals surface area contributed by atoms with E-state index in [9.17, 15) is 14.4 Å². The third-order valence-corrected chi connectivity index (χ3v) is 4.49. The summed E-state index contributed by atoms with van der Waals surface area (Å²) in [6.07, 6.45) is 0. The van der Waals surface area contributed by atoms with Crippen LogP contribution in [0.5, 0.6) is 11.5 Å². The van der Waals surface area contributed by atoms with Gasteiger partial charge in [0.25, 0.3) is 11.8 Å². The normalized spacial score (nSPS) is 9.96. The molecule has 2 rings (SSSR count). The van der Waals surface area contributed by atoms with Gasteiger partial charge in [-0.05, 0) is 52.9 Å². The van der Waals surface area contributed by atoms with Crippen LogP contribution < -0.4 is 20.1 Å². The number of methoxy groups -OCH3 is 2. The lowest BCUT2D eigenvalue weighted by Gasteiger charge is -2.10. The molecule has 9 heteroatoms. The number of benzene rings is 2. The van der Waals surface area contributed by atoms with Gasteiger partial charge in [-0.15, -0.1) is 0 Å². The second-order valence-electron chi connectivity index (χ2n) is 5.44. The molecule has 0 radical (unpaired) electrons. The van der Waals surface area contributed by atoms with E-state index in [1.807, 2.05) is 12.1 Å². The second kappa shape index (κ2) is 10.5. The van der Waals surface area contributed by atoms with Crippen LogP contribution in [0.2, 0.25) is 0 Å². The van der Waals surface area contributed by atoms with Crippen LogP contribution in [-0.2, 0) is 14.3 Å². The molecular formula is C19H19IN2O6. The minimum Gasteiger partial charge on any atom is -0.493 e. The molecule has 0 atom stereocenters. The minimum atomic E-state index is -0.730. The Hall–Kier alpha value is -2.82. The molecule has 8 nitrogen and oxygen atoms in total. The van der Waals surface area contributed by atoms with Gasteiger partial charge in [-0.3, -0.25) is 14.4 Å². The Bertz CT molecular complexity index is 871. The Balaban J connectivity index is 1.79. The van der Waals surface area contributed by atoms with Crippen molar-refractivity contribution in [3.63, 3.8) is 0 Å². The average molecular weight is 498 g/mol. The van der Waals surface area contributed by atoms with Crippen molar-refractivity contribution in [1.82, 2.24) is 5.32 Å². The molecule has 0 saturated carbocycles. The molecule has 0 aliphatic heterocycles. The first-order valence-corrected chi connectivity index (χ1v) is 9.22. The number of carbonyl (C=O) groups excluding carboxylic acids is 3. The molecule has 148 valence electrons. The first-order chi connectivity index (χ1) is 13.4. The molecule has 0 aliphatic carbocycles. The van der Waals surface area contributed by atoms with Gasteiger partial charge in [-0.25, -0.2) is 0 Å². The predicted molar refractivity (Wildman–Crippen MR) is 111 cm³/mol. The summed E-state index contributed by atoms with van der Waals surface area (Å²) in [5, 5.41) is 5.07. The summed E-state index contributed by atoms with van der Waals surface area (Å²) in [5.41, 5.74) is 0.924. The SMILES string of the molecule is COc1ccc(C(=O)NCC(=O)OCC(=O)Nc2ccccc2I)cc1OC. The van der Waals surface area contributed by atoms with Crippen molar-refractivity contribution < 1.29 is 28.6 Å². The lowest BCUT2D eigenvalue weighted by molar-refractivity contribution is -0.146. The van der Waals surface area contributed by atoms with Crippen molar-refractivity contribution in [2.45, 2.75) is 0 Å². The van der Waals surface area contributed by atoms with Crippen LogP contribution in [-0.4, -0.2) is 45.2 Å². The molecular weight excluding hydrogens is 479 g/mol. The third kappa shape index (κ3) is 6.12. The third-order valence-electron chi connectivity index (χ3n) is 3.55. The Morgan fingerprint density at radius 2 is 1.71 bits per heavy atom. The molecule has 2 aromatic rings. The highest BCUT2D eigenvalue weighted by atomic mass is 127. The quantitative estimate of drug-likeness (QED) is 0.428. The number of halogens is 1. The Kier molecular flexibility index (Phi) is 8.05. The summed E-state index contributed by atoms with van der Waals surface area (Å²) in [6.45, 7) is -0.820. The van der Waals surface area contributed by atoms with E-state index in [2.05, 4.69) is 33.2 Å². The van der Waals surface area contributed by atoms with Crippen molar-refractivity contribution in [2.24, 2.45) is 0 Å². The van der Waals surface area contributed by atoms with Crippen molar-refractivity contribution in [3.05, 3.63) is 51.6 Å². The van der Waals surface area contributed by atoms with Gasteiger partial charge in [0, 0.05) is 9.13 Å². The Labute approximate surface area is 175 Å². The molecule has 28 heavy (non-hydrogen) atoms. The Morgan fingerprint density at radius 3 is 2.39 bits per heavy atom. The highest BCUT2D eigenvalue weighted by molar-refractivity contribution is 14.1. The molecule has 0 unspecified atom stereocenters. The van der Waals surface area contributed by atoms with Crippen LogP contribution in [0.1, 0.15) is 10.4 Å². The molecule has 0 aromatic heterocycles. The van der Waals surface area contributed by atoms with Gasteiger partial charge in [0.05, 0.1) is 19.9 Å². The van der Waals surface area contributed by atoms with Crippen LogP contribution >= 0.6 is 22.6 Å². The van der Waals surface area contributed by atoms with Gasteiger partial charge >= 0.3 is 5.97 Å². The van der Waals surface area contributed by atoms with E-state index in [0.717, 1.165) is 3.57 Å². The molecule has 0 aliphatic rings. The molecule has 0 bridgehead atoms. The van der Waals surface area contributed by atoms with Crippen molar-refractivity contribution in [3.8, 4) is 11.5 Å². The van der Waals surface area contributed by atoms with E-state index >= 15 is 0 Å². The number of anilines is 1. The largest absolute Gasteiger partial charge is 0.493 e. The fraction of sp³-hybridized carbons (Fsp3) is 0.211. The summed E-state index contributed by atoms with van der Waals surface area (Å²) in [7, 11) is 2.95. The number of para-hydroxylation sites is 1. The van der Waals surface area contributed by atoms with E-state index in [1.54, 1.807) is 18.2 Å². The van der Waals surface area contributed by atoms with E-state index in [-0.39, 0.29) is 6.54 Å². The van der Waals surface area contributed by atoms with Gasteiger partial charge in [-0.2, -0.15) is 0 Å². The van der Waals surface area contributed by atoms with Crippen LogP contribution in [0.3, 0.4) is 0 Å². The summed E-state index contributed by atoms with van der Waals surface area (Å²) >= 11 is 2.08. The molecule has 0 saturated heterocycles. The highest BCUT2D eigenvalue weighted by Gasteiger charge is 2.13. The van der Waals surface area contributed by atoms with Gasteiger partial charge in [0.15, 0.2) is 18.1 Å². The maximum absolute atomic E-state index is 12.1. The summed E-state index contributed by atoms with van der Waals surface area (Å²) < 4.78 is 16.0. The second-order valence-corrected chi connectivity index (χ2v) is 6.60. The number of esters is 1. The number of nitrogens with one attached hydrogen (secondary N) is 2. The van der Waals surface area contributed by atoms with Crippen LogP contribution in [0.4, 0.5) is 5.69 Å². The Morgan fingerprint density at radius 1 is 1.00 bits per heavy atom. The minimum absolute atomic E-state index is 0.293. The molecule has 2 N–H and O–H groups in total. The molecule has 0 spiro atoms. The zero-order valence-electron chi connectivity index (χ0n) is 15.3. The van der Waals surface area contributed by atoms with E-state index in [0.29, 0.717) is 22.7 Å². The molecule has 0 fully saturated rings. The molecule has 0 heterocycles. The van der Waals surface area contributed by atoms with E-state index in [1.165, 1.54) is 26.4 Å². The van der Waals surface area contributed by atoms with Gasteiger partial charge in [0.1, 0.15) is 6.54 Å². The standard InChI is InChI=1S/C19H19IN2O6/c1-26-15-8-7-12(9-16(15)27-2)19(25)21-10-18(24)28-11-17(23)22-14-6-4-3-5-13(14)20/h3-9H,10-11H2,1-2H3,(H,21,25)(H,22,23). The fourth-order valence-corrected chi connectivity index (χ4v) is 2.70. The predicted octanol–water partition coefficient (Wildman–Crippen LogP) is 2.22. The number of hydrogen-bond acceptors (Lipinski definition) is 6. The summed E-state index contributed by atoms with van der Waals surface area (Å²) in [5.74, 6) is -0.806. The first kappa shape index (κ1) is 21.5. The van der Waals surface area contributed by atoms with E-state index < -0.39 is 24.4 Å². The monoisotopic (exact) mass is 498 g/mol. The van der Waals surface area contributed by atoms with Gasteiger partial charge < -0.3 is 24.8 Å². The van der Waals surface area contributed by atoms with Crippen LogP contribution in [0.25, 0.3) is 0 Å². The van der Waals surface area contributed by atoms with Crippen LogP contribution in [0, 0.1) is 3.57 Å². The summed E-state index contributed by atoms with van der Waals surface area (Å²) in [6, 6.07) is 11.8. The lowest BCUT2D eigenvalue weighted by atomic mass is 10.2. The maximum Gasteiger partial charge on any atom is 0.325 e. The lowest BCUT2D eigenvalue weighted by Crippen LogP contribution is -2.32. The average Bonchev–Trinajstić information content (AvgIpc) is 2.71. The zero-order valence-corrected chi connectivity index (χ0v) is 17.4. The number of carbonyl (C=O) groups is 3. The topological polar surface area (TPSA) is 103 Å².